The van der Waals surface area contributed by atoms with Crippen molar-refractivity contribution >= 4 is 39.5 Å². The van der Waals surface area contributed by atoms with Gasteiger partial charge in [0.2, 0.25) is 0 Å². The van der Waals surface area contributed by atoms with Gasteiger partial charge in [0, 0.05) is 10.6 Å². The second-order valence-corrected chi connectivity index (χ2v) is 7.18. The number of hydrogen-bond acceptors (Lipinski definition) is 3. The molecule has 0 spiro atoms. The molecule has 0 saturated heterocycles. The molecule has 2 N–H and O–H groups in total. The number of thiocarbonyl (C=S) groups is 1. The Hall–Kier alpha value is -1.46. The Morgan fingerprint density at radius 3 is 3.05 bits per heavy atom. The van der Waals surface area contributed by atoms with Gasteiger partial charge in [-0.15, -0.1) is 11.3 Å². The lowest BCUT2D eigenvalue weighted by molar-refractivity contribution is 0.502. The Kier molecular flexibility index (Phi) is 4.22. The van der Waals surface area contributed by atoms with Crippen molar-refractivity contribution in [1.29, 1.82) is 0 Å². The third-order valence-corrected chi connectivity index (χ3v) is 4.92. The van der Waals surface area contributed by atoms with E-state index in [4.69, 9.17) is 12.2 Å². The van der Waals surface area contributed by atoms with Crippen LogP contribution in [-0.4, -0.2) is 10.1 Å². The molecule has 2 aromatic rings. The van der Waals surface area contributed by atoms with Crippen molar-refractivity contribution in [3.05, 3.63) is 40.4 Å². The SMILES string of the molecule is Cc1cccc(NC(=S)Nc2nc3c(s2)CC(C)CC3)c1. The third-order valence-electron chi connectivity index (χ3n) is 3.68. The van der Waals surface area contributed by atoms with Gasteiger partial charge in [-0.25, -0.2) is 4.98 Å². The fourth-order valence-corrected chi connectivity index (χ4v) is 4.03. The summed E-state index contributed by atoms with van der Waals surface area (Å²) in [6.45, 7) is 4.37. The second-order valence-electron chi connectivity index (χ2n) is 5.69. The molecular weight excluding hydrogens is 298 g/mol. The van der Waals surface area contributed by atoms with Crippen molar-refractivity contribution in [2.45, 2.75) is 33.1 Å². The van der Waals surface area contributed by atoms with E-state index in [1.165, 1.54) is 22.6 Å². The van der Waals surface area contributed by atoms with Crippen LogP contribution in [0.15, 0.2) is 24.3 Å². The number of anilines is 2. The summed E-state index contributed by atoms with van der Waals surface area (Å²) in [5.74, 6) is 0.767. The number of rotatable bonds is 2. The smallest absolute Gasteiger partial charge is 0.189 e. The van der Waals surface area contributed by atoms with E-state index < -0.39 is 0 Å². The maximum atomic E-state index is 5.37. The van der Waals surface area contributed by atoms with Crippen molar-refractivity contribution in [2.75, 3.05) is 10.6 Å². The summed E-state index contributed by atoms with van der Waals surface area (Å²) in [4.78, 5) is 6.08. The highest BCUT2D eigenvalue weighted by Crippen LogP contribution is 2.32. The quantitative estimate of drug-likeness (QED) is 0.806. The van der Waals surface area contributed by atoms with Gasteiger partial charge in [0.1, 0.15) is 0 Å². The number of benzene rings is 1. The normalized spacial score (nSPS) is 17.1. The number of thiazole rings is 1. The topological polar surface area (TPSA) is 37.0 Å². The summed E-state index contributed by atoms with van der Waals surface area (Å²) in [7, 11) is 0. The van der Waals surface area contributed by atoms with E-state index in [-0.39, 0.29) is 0 Å². The lowest BCUT2D eigenvalue weighted by Gasteiger charge is -2.15. The van der Waals surface area contributed by atoms with Crippen LogP contribution >= 0.6 is 23.6 Å². The van der Waals surface area contributed by atoms with Gasteiger partial charge in [0.15, 0.2) is 10.2 Å². The minimum absolute atomic E-state index is 0.597. The minimum atomic E-state index is 0.597. The number of aromatic nitrogens is 1. The summed E-state index contributed by atoms with van der Waals surface area (Å²) in [6, 6.07) is 8.17. The lowest BCUT2D eigenvalue weighted by Crippen LogP contribution is -2.19. The van der Waals surface area contributed by atoms with Gasteiger partial charge in [0.25, 0.3) is 0 Å². The van der Waals surface area contributed by atoms with Crippen LogP contribution in [0.25, 0.3) is 0 Å². The van der Waals surface area contributed by atoms with E-state index >= 15 is 0 Å². The van der Waals surface area contributed by atoms with Gasteiger partial charge >= 0.3 is 0 Å². The average molecular weight is 317 g/mol. The van der Waals surface area contributed by atoms with Crippen molar-refractivity contribution in [3.63, 3.8) is 0 Å². The Labute approximate surface area is 134 Å². The van der Waals surface area contributed by atoms with Crippen LogP contribution in [-0.2, 0) is 12.8 Å². The van der Waals surface area contributed by atoms with Crippen LogP contribution in [0.1, 0.15) is 29.5 Å². The molecule has 5 heteroatoms. The van der Waals surface area contributed by atoms with Crippen molar-refractivity contribution in [2.24, 2.45) is 5.92 Å². The predicted octanol–water partition coefficient (Wildman–Crippen LogP) is 4.39. The third kappa shape index (κ3) is 3.60. The monoisotopic (exact) mass is 317 g/mol. The van der Waals surface area contributed by atoms with Crippen LogP contribution < -0.4 is 10.6 Å². The van der Waals surface area contributed by atoms with E-state index in [1.807, 2.05) is 12.1 Å². The largest absolute Gasteiger partial charge is 0.332 e. The molecule has 0 bridgehead atoms. The molecule has 3 rings (SSSR count). The van der Waals surface area contributed by atoms with E-state index in [9.17, 15) is 0 Å². The Morgan fingerprint density at radius 2 is 2.24 bits per heavy atom. The van der Waals surface area contributed by atoms with Gasteiger partial charge < -0.3 is 10.6 Å². The zero-order valence-electron chi connectivity index (χ0n) is 12.3. The standard InChI is InChI=1S/C16H19N3S2/c1-10-4-3-5-12(8-10)17-15(20)19-16-18-13-7-6-11(2)9-14(13)21-16/h3-5,8,11H,6-7,9H2,1-2H3,(H2,17,18,19,20). The highest BCUT2D eigenvalue weighted by Gasteiger charge is 2.19. The molecule has 0 radical (unpaired) electrons. The predicted molar refractivity (Wildman–Crippen MR) is 94.3 cm³/mol. The molecular formula is C16H19N3S2. The van der Waals surface area contributed by atoms with Crippen LogP contribution in [0.5, 0.6) is 0 Å². The molecule has 0 aliphatic heterocycles. The maximum Gasteiger partial charge on any atom is 0.189 e. The first-order chi connectivity index (χ1) is 10.1. The van der Waals surface area contributed by atoms with Gasteiger partial charge in [-0.2, -0.15) is 0 Å². The first-order valence-electron chi connectivity index (χ1n) is 7.23. The van der Waals surface area contributed by atoms with E-state index in [0.29, 0.717) is 5.11 Å². The van der Waals surface area contributed by atoms with Crippen LogP contribution in [0.3, 0.4) is 0 Å². The van der Waals surface area contributed by atoms with Crippen LogP contribution in [0, 0.1) is 12.8 Å². The second kappa shape index (κ2) is 6.12. The van der Waals surface area contributed by atoms with Crippen molar-refractivity contribution in [3.8, 4) is 0 Å². The molecule has 1 unspecified atom stereocenters. The fourth-order valence-electron chi connectivity index (χ4n) is 2.58. The zero-order chi connectivity index (χ0) is 14.8. The summed E-state index contributed by atoms with van der Waals surface area (Å²) < 4.78 is 0. The highest BCUT2D eigenvalue weighted by atomic mass is 32.1. The molecule has 1 aliphatic carbocycles. The van der Waals surface area contributed by atoms with Gasteiger partial charge in [-0.3, -0.25) is 0 Å². The van der Waals surface area contributed by atoms with E-state index in [2.05, 4.69) is 41.6 Å². The van der Waals surface area contributed by atoms with Crippen LogP contribution in [0.4, 0.5) is 10.8 Å². The zero-order valence-corrected chi connectivity index (χ0v) is 13.9. The maximum absolute atomic E-state index is 5.37. The Bertz CT molecular complexity index is 663. The Balaban J connectivity index is 1.65. The lowest BCUT2D eigenvalue weighted by atomic mass is 9.93. The first-order valence-corrected chi connectivity index (χ1v) is 8.46. The van der Waals surface area contributed by atoms with E-state index in [1.54, 1.807) is 11.3 Å². The summed E-state index contributed by atoms with van der Waals surface area (Å²) in [6.07, 6.45) is 3.47. The summed E-state index contributed by atoms with van der Waals surface area (Å²) >= 11 is 7.10. The van der Waals surface area contributed by atoms with Gasteiger partial charge in [-0.05, 0) is 62.0 Å². The number of aryl methyl sites for hydroxylation is 2. The molecule has 3 nitrogen and oxygen atoms in total. The van der Waals surface area contributed by atoms with E-state index in [0.717, 1.165) is 29.6 Å². The molecule has 1 atom stereocenters. The summed E-state index contributed by atoms with van der Waals surface area (Å²) in [5.41, 5.74) is 3.46. The highest BCUT2D eigenvalue weighted by molar-refractivity contribution is 7.80. The summed E-state index contributed by atoms with van der Waals surface area (Å²) in [5, 5.41) is 7.92. The molecule has 0 saturated carbocycles. The van der Waals surface area contributed by atoms with Crippen molar-refractivity contribution < 1.29 is 0 Å². The Morgan fingerprint density at radius 1 is 1.38 bits per heavy atom. The number of hydrogen-bond donors (Lipinski definition) is 2. The molecule has 0 amide bonds. The van der Waals surface area contributed by atoms with Crippen molar-refractivity contribution in [1.82, 2.24) is 4.98 Å². The van der Waals surface area contributed by atoms with Crippen LogP contribution in [0.2, 0.25) is 0 Å². The molecule has 1 heterocycles. The number of fused-ring (bicyclic) bond motifs is 1. The molecule has 1 aliphatic rings. The number of nitrogens with zero attached hydrogens (tertiary/aromatic N) is 1. The molecule has 21 heavy (non-hydrogen) atoms. The first kappa shape index (κ1) is 14.5. The fraction of sp³-hybridized carbons (Fsp3) is 0.375. The molecule has 0 fully saturated rings. The number of nitrogens with one attached hydrogen (secondary N) is 2. The van der Waals surface area contributed by atoms with Gasteiger partial charge in [-0.1, -0.05) is 19.1 Å². The van der Waals surface area contributed by atoms with Gasteiger partial charge in [0.05, 0.1) is 5.69 Å². The minimum Gasteiger partial charge on any atom is -0.332 e. The molecule has 110 valence electrons. The molecule has 1 aromatic heterocycles. The molecule has 1 aromatic carbocycles. The average Bonchev–Trinajstić information content (AvgIpc) is 2.79.